The molecule has 23 heavy (non-hydrogen) atoms. The van der Waals surface area contributed by atoms with Gasteiger partial charge in [-0.1, -0.05) is 6.07 Å². The molecular formula is C17H18N2O4. The van der Waals surface area contributed by atoms with E-state index in [0.29, 0.717) is 22.8 Å². The number of aromatic nitrogens is 1. The second-order valence-corrected chi connectivity index (χ2v) is 5.59. The fourth-order valence-corrected chi connectivity index (χ4v) is 2.52. The van der Waals surface area contributed by atoms with Gasteiger partial charge in [0.25, 0.3) is 5.91 Å². The maximum absolute atomic E-state index is 12.4. The Morgan fingerprint density at radius 3 is 2.65 bits per heavy atom. The summed E-state index contributed by atoms with van der Waals surface area (Å²) in [5, 5.41) is 2.93. The van der Waals surface area contributed by atoms with Crippen molar-refractivity contribution in [1.82, 2.24) is 9.88 Å². The molecule has 0 unspecified atom stereocenters. The number of ketones is 1. The Morgan fingerprint density at radius 2 is 1.96 bits per heavy atom. The molecule has 1 aromatic heterocycles. The summed E-state index contributed by atoms with van der Waals surface area (Å²) in [5.74, 6) is 1.09. The third-order valence-corrected chi connectivity index (χ3v) is 3.89. The summed E-state index contributed by atoms with van der Waals surface area (Å²) in [5.41, 5.74) is 1.89. The predicted octanol–water partition coefficient (Wildman–Crippen LogP) is 2.45. The third kappa shape index (κ3) is 2.92. The van der Waals surface area contributed by atoms with E-state index in [1.54, 1.807) is 23.9 Å². The van der Waals surface area contributed by atoms with Gasteiger partial charge in [0.1, 0.15) is 5.69 Å². The molecule has 0 saturated heterocycles. The summed E-state index contributed by atoms with van der Waals surface area (Å²) in [6.07, 6.45) is 1.66. The summed E-state index contributed by atoms with van der Waals surface area (Å²) in [7, 11) is 1.74. The van der Waals surface area contributed by atoms with Gasteiger partial charge in [0, 0.05) is 18.8 Å². The zero-order valence-corrected chi connectivity index (χ0v) is 13.3. The molecule has 0 radical (unpaired) electrons. The lowest BCUT2D eigenvalue weighted by Crippen LogP contribution is -2.28. The molecule has 2 aromatic rings. The van der Waals surface area contributed by atoms with E-state index >= 15 is 0 Å². The number of aryl methyl sites for hydroxylation is 1. The van der Waals surface area contributed by atoms with E-state index in [0.717, 1.165) is 5.56 Å². The number of nitrogens with one attached hydrogen (secondary N) is 1. The Kier molecular flexibility index (Phi) is 3.82. The first kappa shape index (κ1) is 15.1. The van der Waals surface area contributed by atoms with Crippen LogP contribution in [0, 0.1) is 0 Å². The summed E-state index contributed by atoms with van der Waals surface area (Å²) < 4.78 is 12.3. The standard InChI is InChI=1S/C17H18N2O4/c1-10(12-4-5-15-16(7-12)23-9-22-15)18-17(21)14-6-13(11(2)20)8-19(14)3/h4-8,10H,9H2,1-3H3,(H,18,21)/t10-/m1/s1. The van der Waals surface area contributed by atoms with Gasteiger partial charge >= 0.3 is 0 Å². The zero-order chi connectivity index (χ0) is 16.6. The van der Waals surface area contributed by atoms with E-state index < -0.39 is 0 Å². The van der Waals surface area contributed by atoms with Gasteiger partial charge in [-0.2, -0.15) is 0 Å². The van der Waals surface area contributed by atoms with Gasteiger partial charge in [0.15, 0.2) is 17.3 Å². The first-order chi connectivity index (χ1) is 11.0. The Hall–Kier alpha value is -2.76. The number of benzene rings is 1. The van der Waals surface area contributed by atoms with Crippen LogP contribution < -0.4 is 14.8 Å². The van der Waals surface area contributed by atoms with Crippen molar-refractivity contribution in [2.45, 2.75) is 19.9 Å². The maximum atomic E-state index is 12.4. The SMILES string of the molecule is CC(=O)c1cc(C(=O)N[C@H](C)c2ccc3c(c2)OCO3)n(C)c1. The molecule has 0 bridgehead atoms. The van der Waals surface area contributed by atoms with Gasteiger partial charge in [0.2, 0.25) is 6.79 Å². The predicted molar refractivity (Wildman–Crippen MR) is 83.9 cm³/mol. The summed E-state index contributed by atoms with van der Waals surface area (Å²) >= 11 is 0. The Morgan fingerprint density at radius 1 is 1.22 bits per heavy atom. The Balaban J connectivity index is 1.76. The van der Waals surface area contributed by atoms with E-state index in [9.17, 15) is 9.59 Å². The molecule has 2 heterocycles. The minimum absolute atomic E-state index is 0.0662. The smallest absolute Gasteiger partial charge is 0.268 e. The van der Waals surface area contributed by atoms with E-state index in [-0.39, 0.29) is 24.5 Å². The number of hydrogen-bond acceptors (Lipinski definition) is 4. The van der Waals surface area contributed by atoms with Gasteiger partial charge in [-0.05, 0) is 37.6 Å². The molecule has 1 aromatic carbocycles. The molecular weight excluding hydrogens is 296 g/mol. The van der Waals surface area contributed by atoms with E-state index in [4.69, 9.17) is 9.47 Å². The van der Waals surface area contributed by atoms with Crippen molar-refractivity contribution in [3.8, 4) is 11.5 Å². The molecule has 3 rings (SSSR count). The third-order valence-electron chi connectivity index (χ3n) is 3.89. The highest BCUT2D eigenvalue weighted by molar-refractivity contribution is 5.99. The topological polar surface area (TPSA) is 69.6 Å². The second kappa shape index (κ2) is 5.79. The lowest BCUT2D eigenvalue weighted by atomic mass is 10.1. The minimum Gasteiger partial charge on any atom is -0.454 e. The van der Waals surface area contributed by atoms with Crippen molar-refractivity contribution in [3.63, 3.8) is 0 Å². The molecule has 1 N–H and O–H groups in total. The van der Waals surface area contributed by atoms with Crippen LogP contribution in [0.15, 0.2) is 30.5 Å². The molecule has 1 aliphatic rings. The van der Waals surface area contributed by atoms with Crippen LogP contribution in [0.4, 0.5) is 0 Å². The molecule has 1 aliphatic heterocycles. The van der Waals surface area contributed by atoms with E-state index in [1.165, 1.54) is 6.92 Å². The highest BCUT2D eigenvalue weighted by Crippen LogP contribution is 2.34. The number of rotatable bonds is 4. The quantitative estimate of drug-likeness (QED) is 0.880. The number of nitrogens with zero attached hydrogens (tertiary/aromatic N) is 1. The van der Waals surface area contributed by atoms with Crippen molar-refractivity contribution in [1.29, 1.82) is 0 Å². The molecule has 6 heteroatoms. The monoisotopic (exact) mass is 314 g/mol. The number of carbonyl (C=O) groups excluding carboxylic acids is 2. The van der Waals surface area contributed by atoms with Crippen molar-refractivity contribution in [2.75, 3.05) is 6.79 Å². The molecule has 0 spiro atoms. The van der Waals surface area contributed by atoms with Gasteiger partial charge in [-0.25, -0.2) is 0 Å². The maximum Gasteiger partial charge on any atom is 0.268 e. The Labute approximate surface area is 134 Å². The van der Waals surface area contributed by atoms with Gasteiger partial charge in [0.05, 0.1) is 6.04 Å². The Bertz CT molecular complexity index is 779. The van der Waals surface area contributed by atoms with Crippen molar-refractivity contribution < 1.29 is 19.1 Å². The number of carbonyl (C=O) groups is 2. The van der Waals surface area contributed by atoms with E-state index in [2.05, 4.69) is 5.32 Å². The second-order valence-electron chi connectivity index (χ2n) is 5.59. The van der Waals surface area contributed by atoms with Crippen LogP contribution in [0.2, 0.25) is 0 Å². The number of ether oxygens (including phenoxy) is 2. The van der Waals surface area contributed by atoms with Crippen molar-refractivity contribution in [2.24, 2.45) is 7.05 Å². The lowest BCUT2D eigenvalue weighted by molar-refractivity contribution is 0.0931. The van der Waals surface area contributed by atoms with Crippen molar-refractivity contribution >= 4 is 11.7 Å². The number of fused-ring (bicyclic) bond motifs is 1. The van der Waals surface area contributed by atoms with Gasteiger partial charge < -0.3 is 19.4 Å². The number of amides is 1. The van der Waals surface area contributed by atoms with Crippen LogP contribution >= 0.6 is 0 Å². The van der Waals surface area contributed by atoms with E-state index in [1.807, 2.05) is 25.1 Å². The average molecular weight is 314 g/mol. The first-order valence-corrected chi connectivity index (χ1v) is 7.33. The van der Waals surface area contributed by atoms with Crippen LogP contribution in [-0.4, -0.2) is 23.1 Å². The lowest BCUT2D eigenvalue weighted by Gasteiger charge is -2.15. The first-order valence-electron chi connectivity index (χ1n) is 7.33. The number of hydrogen-bond donors (Lipinski definition) is 1. The zero-order valence-electron chi connectivity index (χ0n) is 13.3. The highest BCUT2D eigenvalue weighted by atomic mass is 16.7. The summed E-state index contributed by atoms with van der Waals surface area (Å²) in [6.45, 7) is 3.59. The van der Waals surface area contributed by atoms with Gasteiger partial charge in [-0.3, -0.25) is 9.59 Å². The average Bonchev–Trinajstić information content (AvgIpc) is 3.12. The molecule has 6 nitrogen and oxygen atoms in total. The molecule has 0 fully saturated rings. The van der Waals surface area contributed by atoms with Crippen LogP contribution in [-0.2, 0) is 7.05 Å². The molecule has 1 atom stereocenters. The van der Waals surface area contributed by atoms with Gasteiger partial charge in [-0.15, -0.1) is 0 Å². The fraction of sp³-hybridized carbons (Fsp3) is 0.294. The fourth-order valence-electron chi connectivity index (χ4n) is 2.52. The van der Waals surface area contributed by atoms with Crippen LogP contribution in [0.25, 0.3) is 0 Å². The number of Topliss-reactive ketones (excluding diaryl/α,β-unsaturated/α-hetero) is 1. The molecule has 0 aliphatic carbocycles. The van der Waals surface area contributed by atoms with Crippen LogP contribution in [0.3, 0.4) is 0 Å². The molecule has 1 amide bonds. The largest absolute Gasteiger partial charge is 0.454 e. The van der Waals surface area contributed by atoms with Crippen molar-refractivity contribution in [3.05, 3.63) is 47.3 Å². The highest BCUT2D eigenvalue weighted by Gasteiger charge is 2.19. The minimum atomic E-state index is -0.231. The summed E-state index contributed by atoms with van der Waals surface area (Å²) in [6, 6.07) is 6.98. The van der Waals surface area contributed by atoms with Crippen LogP contribution in [0.1, 0.15) is 46.3 Å². The molecule has 0 saturated carbocycles. The van der Waals surface area contributed by atoms with Crippen LogP contribution in [0.5, 0.6) is 11.5 Å². The normalized spacial score (nSPS) is 13.7. The summed E-state index contributed by atoms with van der Waals surface area (Å²) in [4.78, 5) is 23.8. The molecule has 120 valence electrons.